The van der Waals surface area contributed by atoms with E-state index >= 15 is 0 Å². The van der Waals surface area contributed by atoms with Crippen LogP contribution in [-0.4, -0.2) is 9.97 Å². The summed E-state index contributed by atoms with van der Waals surface area (Å²) in [4.78, 5) is 8.76. The highest BCUT2D eigenvalue weighted by atomic mass is 16.5. The van der Waals surface area contributed by atoms with E-state index in [0.29, 0.717) is 23.1 Å². The molecule has 21 heavy (non-hydrogen) atoms. The summed E-state index contributed by atoms with van der Waals surface area (Å²) in [7, 11) is 0. The summed E-state index contributed by atoms with van der Waals surface area (Å²) in [6.45, 7) is 1.85. The predicted molar refractivity (Wildman–Crippen MR) is 83.1 cm³/mol. The molecule has 4 nitrogen and oxygen atoms in total. The Bertz CT molecular complexity index is 757. The number of ether oxygens (including phenoxy) is 1. The monoisotopic (exact) mass is 277 g/mol. The Morgan fingerprint density at radius 2 is 1.71 bits per heavy atom. The van der Waals surface area contributed by atoms with Crippen LogP contribution in [0.5, 0.6) is 11.6 Å². The molecule has 0 radical (unpaired) electrons. The predicted octanol–water partition coefficient (Wildman–Crippen LogP) is 3.83. The maximum absolute atomic E-state index is 5.77. The Morgan fingerprint density at radius 1 is 0.905 bits per heavy atom. The molecule has 0 saturated heterocycles. The van der Waals surface area contributed by atoms with E-state index in [1.54, 1.807) is 6.07 Å². The fraction of sp³-hybridized carbons (Fsp3) is 0.0588. The molecule has 3 rings (SSSR count). The summed E-state index contributed by atoms with van der Waals surface area (Å²) >= 11 is 0. The molecule has 0 aliphatic carbocycles. The normalized spacial score (nSPS) is 10.3. The van der Waals surface area contributed by atoms with E-state index in [0.717, 1.165) is 11.3 Å². The van der Waals surface area contributed by atoms with E-state index < -0.39 is 0 Å². The molecule has 1 aromatic heterocycles. The second-order valence-corrected chi connectivity index (χ2v) is 4.68. The van der Waals surface area contributed by atoms with Gasteiger partial charge in [0.25, 0.3) is 0 Å². The van der Waals surface area contributed by atoms with E-state index in [-0.39, 0.29) is 0 Å². The molecule has 0 aliphatic heterocycles. The third-order valence-corrected chi connectivity index (χ3v) is 2.96. The third-order valence-electron chi connectivity index (χ3n) is 2.96. The summed E-state index contributed by atoms with van der Waals surface area (Å²) in [6.07, 6.45) is 0. The molecule has 1 heterocycles. The van der Waals surface area contributed by atoms with Crippen molar-refractivity contribution in [1.82, 2.24) is 9.97 Å². The molecule has 0 saturated carbocycles. The van der Waals surface area contributed by atoms with Gasteiger partial charge in [-0.3, -0.25) is 0 Å². The van der Waals surface area contributed by atoms with E-state index in [4.69, 9.17) is 10.5 Å². The molecule has 104 valence electrons. The highest BCUT2D eigenvalue weighted by molar-refractivity contribution is 5.60. The van der Waals surface area contributed by atoms with Gasteiger partial charge in [0.05, 0.1) is 5.69 Å². The number of rotatable bonds is 3. The Kier molecular flexibility index (Phi) is 3.51. The molecular formula is C17H15N3O. The van der Waals surface area contributed by atoms with Crippen molar-refractivity contribution in [2.45, 2.75) is 6.92 Å². The number of nitrogens with zero attached hydrogens (tertiary/aromatic N) is 2. The van der Waals surface area contributed by atoms with Gasteiger partial charge in [-0.25, -0.2) is 4.98 Å². The van der Waals surface area contributed by atoms with Crippen LogP contribution in [0.4, 0.5) is 5.69 Å². The van der Waals surface area contributed by atoms with Crippen LogP contribution in [0.3, 0.4) is 0 Å². The van der Waals surface area contributed by atoms with E-state index in [9.17, 15) is 0 Å². The number of anilines is 1. The lowest BCUT2D eigenvalue weighted by Gasteiger charge is -2.08. The third kappa shape index (κ3) is 3.17. The maximum atomic E-state index is 5.77. The zero-order valence-electron chi connectivity index (χ0n) is 11.7. The fourth-order valence-electron chi connectivity index (χ4n) is 2.05. The number of benzene rings is 2. The van der Waals surface area contributed by atoms with Crippen molar-refractivity contribution in [3.8, 4) is 22.9 Å². The highest BCUT2D eigenvalue weighted by Crippen LogP contribution is 2.25. The first-order valence-electron chi connectivity index (χ1n) is 6.65. The first-order chi connectivity index (χ1) is 10.2. The molecule has 2 N–H and O–H groups in total. The first kappa shape index (κ1) is 13.1. The zero-order chi connectivity index (χ0) is 14.7. The van der Waals surface area contributed by atoms with Gasteiger partial charge in [0.1, 0.15) is 11.6 Å². The van der Waals surface area contributed by atoms with Crippen molar-refractivity contribution >= 4 is 5.69 Å². The van der Waals surface area contributed by atoms with Crippen LogP contribution >= 0.6 is 0 Å². The summed E-state index contributed by atoms with van der Waals surface area (Å²) in [5, 5.41) is 0. The van der Waals surface area contributed by atoms with Crippen LogP contribution < -0.4 is 10.5 Å². The van der Waals surface area contributed by atoms with Gasteiger partial charge in [0.2, 0.25) is 5.88 Å². The van der Waals surface area contributed by atoms with Gasteiger partial charge in [-0.15, -0.1) is 0 Å². The maximum Gasteiger partial charge on any atom is 0.223 e. The van der Waals surface area contributed by atoms with Crippen LogP contribution in [0.2, 0.25) is 0 Å². The molecule has 0 atom stereocenters. The van der Waals surface area contributed by atoms with Crippen molar-refractivity contribution in [1.29, 1.82) is 0 Å². The first-order valence-corrected chi connectivity index (χ1v) is 6.65. The highest BCUT2D eigenvalue weighted by Gasteiger charge is 2.06. The van der Waals surface area contributed by atoms with Crippen LogP contribution in [0.25, 0.3) is 11.3 Å². The van der Waals surface area contributed by atoms with Crippen molar-refractivity contribution in [2.24, 2.45) is 0 Å². The summed E-state index contributed by atoms with van der Waals surface area (Å²) in [5.74, 6) is 1.83. The van der Waals surface area contributed by atoms with Gasteiger partial charge in [-0.2, -0.15) is 4.98 Å². The molecule has 0 fully saturated rings. The molecule has 2 aromatic carbocycles. The lowest BCUT2D eigenvalue weighted by atomic mass is 10.1. The number of aryl methyl sites for hydroxylation is 1. The number of hydrogen-bond acceptors (Lipinski definition) is 4. The average Bonchev–Trinajstić information content (AvgIpc) is 2.47. The minimum absolute atomic E-state index is 0.506. The standard InChI is InChI=1S/C17H15N3O/c1-12-19-16(13-6-3-2-4-7-13)11-17(20-12)21-15-9-5-8-14(18)10-15/h2-11H,18H2,1H3. The molecule has 0 aliphatic rings. The Balaban J connectivity index is 1.95. The molecular weight excluding hydrogens is 262 g/mol. The molecule has 4 heteroatoms. The molecule has 0 spiro atoms. The van der Waals surface area contributed by atoms with E-state index in [2.05, 4.69) is 9.97 Å². The fourth-order valence-corrected chi connectivity index (χ4v) is 2.05. The lowest BCUT2D eigenvalue weighted by molar-refractivity contribution is 0.460. The van der Waals surface area contributed by atoms with Crippen molar-refractivity contribution in [3.63, 3.8) is 0 Å². The lowest BCUT2D eigenvalue weighted by Crippen LogP contribution is -1.96. The SMILES string of the molecule is Cc1nc(Oc2cccc(N)c2)cc(-c2ccccc2)n1. The quantitative estimate of drug-likeness (QED) is 0.739. The summed E-state index contributed by atoms with van der Waals surface area (Å²) in [6, 6.07) is 19.0. The second-order valence-electron chi connectivity index (χ2n) is 4.68. The Labute approximate surface area is 123 Å². The van der Waals surface area contributed by atoms with Crippen molar-refractivity contribution < 1.29 is 4.74 Å². The average molecular weight is 277 g/mol. The van der Waals surface area contributed by atoms with Gasteiger partial charge in [-0.05, 0) is 19.1 Å². The molecule has 0 unspecified atom stereocenters. The van der Waals surface area contributed by atoms with Gasteiger partial charge >= 0.3 is 0 Å². The van der Waals surface area contributed by atoms with Gasteiger partial charge < -0.3 is 10.5 Å². The van der Waals surface area contributed by atoms with Gasteiger partial charge in [0, 0.05) is 23.4 Å². The number of nitrogens with two attached hydrogens (primary N) is 1. The smallest absolute Gasteiger partial charge is 0.223 e. The Morgan fingerprint density at radius 3 is 2.48 bits per heavy atom. The molecule has 0 bridgehead atoms. The van der Waals surface area contributed by atoms with Crippen LogP contribution in [0.15, 0.2) is 60.7 Å². The summed E-state index contributed by atoms with van der Waals surface area (Å²) < 4.78 is 5.77. The van der Waals surface area contributed by atoms with Crippen LogP contribution in [0, 0.1) is 6.92 Å². The van der Waals surface area contributed by atoms with Gasteiger partial charge in [0.15, 0.2) is 0 Å². The van der Waals surface area contributed by atoms with Crippen LogP contribution in [0.1, 0.15) is 5.82 Å². The van der Waals surface area contributed by atoms with E-state index in [1.807, 2.05) is 61.5 Å². The van der Waals surface area contributed by atoms with E-state index in [1.165, 1.54) is 0 Å². The number of aromatic nitrogens is 2. The Hall–Kier alpha value is -2.88. The molecule has 0 amide bonds. The minimum Gasteiger partial charge on any atom is -0.439 e. The van der Waals surface area contributed by atoms with Crippen molar-refractivity contribution in [3.05, 3.63) is 66.5 Å². The topological polar surface area (TPSA) is 61.0 Å². The number of nitrogen functional groups attached to an aromatic ring is 1. The second kappa shape index (κ2) is 5.63. The summed E-state index contributed by atoms with van der Waals surface area (Å²) in [5.41, 5.74) is 8.27. The van der Waals surface area contributed by atoms with Crippen LogP contribution in [-0.2, 0) is 0 Å². The van der Waals surface area contributed by atoms with Gasteiger partial charge in [-0.1, -0.05) is 36.4 Å². The molecule has 3 aromatic rings. The minimum atomic E-state index is 0.506. The number of hydrogen-bond donors (Lipinski definition) is 1. The van der Waals surface area contributed by atoms with Crippen molar-refractivity contribution in [2.75, 3.05) is 5.73 Å². The largest absolute Gasteiger partial charge is 0.439 e. The zero-order valence-corrected chi connectivity index (χ0v) is 11.7.